The van der Waals surface area contributed by atoms with Gasteiger partial charge in [0.15, 0.2) is 0 Å². The van der Waals surface area contributed by atoms with Crippen molar-refractivity contribution >= 4 is 17.7 Å². The lowest BCUT2D eigenvalue weighted by atomic mass is 9.67. The van der Waals surface area contributed by atoms with Crippen LogP contribution in [0.15, 0.2) is 23.8 Å². The summed E-state index contributed by atoms with van der Waals surface area (Å²) in [5.74, 6) is -2.21. The summed E-state index contributed by atoms with van der Waals surface area (Å²) in [7, 11) is 0. The van der Waals surface area contributed by atoms with Gasteiger partial charge in [-0.2, -0.15) is 0 Å². The summed E-state index contributed by atoms with van der Waals surface area (Å²) in [6.45, 7) is 10.9. The standard InChI is InChI=1S/C20H26O6/c1-6-9(2)18(23)26-17-15-11(4)19(24)25-13(15)7-10(3)16-12(21)8-14(22)20(16,17)5/h6,10,12-13,15-17,21H,4,7-8H2,1-3,5H3/b9-6+/t10-,12+,13-,15?,16-,17+,20-/m1/s1. The second-order valence-corrected chi connectivity index (χ2v) is 8.01. The molecular weight excluding hydrogens is 336 g/mol. The highest BCUT2D eigenvalue weighted by molar-refractivity contribution is 5.94. The van der Waals surface area contributed by atoms with E-state index < -0.39 is 41.6 Å². The zero-order valence-corrected chi connectivity index (χ0v) is 15.7. The molecule has 1 saturated heterocycles. The maximum Gasteiger partial charge on any atom is 0.334 e. The van der Waals surface area contributed by atoms with E-state index in [0.717, 1.165) is 0 Å². The van der Waals surface area contributed by atoms with Crippen LogP contribution in [0.3, 0.4) is 0 Å². The van der Waals surface area contributed by atoms with Crippen LogP contribution in [0.1, 0.15) is 40.5 Å². The van der Waals surface area contributed by atoms with Crippen molar-refractivity contribution in [1.82, 2.24) is 0 Å². The Kier molecular flexibility index (Phi) is 4.59. The van der Waals surface area contributed by atoms with Gasteiger partial charge in [-0.05, 0) is 33.1 Å². The lowest BCUT2D eigenvalue weighted by molar-refractivity contribution is -0.162. The molecule has 3 rings (SSSR count). The number of ketones is 1. The SMILES string of the molecule is C=C1C(=O)O[C@@H]2C[C@@H](C)[C@@H]3[C@@H](O)CC(=O)[C@@]3(C)[C@@H](OC(=O)/C(C)=C/C)C12. The van der Waals surface area contributed by atoms with E-state index >= 15 is 0 Å². The van der Waals surface area contributed by atoms with Crippen molar-refractivity contribution in [2.24, 2.45) is 23.2 Å². The summed E-state index contributed by atoms with van der Waals surface area (Å²) in [4.78, 5) is 37.6. The predicted octanol–water partition coefficient (Wildman–Crippen LogP) is 1.96. The minimum atomic E-state index is -1.08. The highest BCUT2D eigenvalue weighted by Gasteiger charge is 2.65. The van der Waals surface area contributed by atoms with Gasteiger partial charge in [-0.3, -0.25) is 4.79 Å². The number of hydrogen-bond donors (Lipinski definition) is 1. The summed E-state index contributed by atoms with van der Waals surface area (Å²) in [5.41, 5.74) is -0.436. The number of hydrogen-bond acceptors (Lipinski definition) is 6. The fourth-order valence-corrected chi connectivity index (χ4v) is 5.07. The van der Waals surface area contributed by atoms with Crippen LogP contribution in [0, 0.1) is 23.2 Å². The van der Waals surface area contributed by atoms with Gasteiger partial charge in [-0.1, -0.05) is 19.6 Å². The zero-order chi connectivity index (χ0) is 19.4. The summed E-state index contributed by atoms with van der Waals surface area (Å²) in [5, 5.41) is 10.5. The minimum Gasteiger partial charge on any atom is -0.458 e. The van der Waals surface area contributed by atoms with Crippen molar-refractivity contribution in [1.29, 1.82) is 0 Å². The Hall–Kier alpha value is -1.95. The fourth-order valence-electron chi connectivity index (χ4n) is 5.07. The molecule has 6 heteroatoms. The molecular formula is C20H26O6. The summed E-state index contributed by atoms with van der Waals surface area (Å²) < 4.78 is 11.3. The third kappa shape index (κ3) is 2.54. The Bertz CT molecular complexity index is 707. The van der Waals surface area contributed by atoms with Crippen LogP contribution in [-0.4, -0.2) is 41.1 Å². The van der Waals surface area contributed by atoms with Gasteiger partial charge in [0, 0.05) is 23.5 Å². The number of allylic oxidation sites excluding steroid dienone is 1. The maximum atomic E-state index is 12.9. The molecule has 0 aromatic heterocycles. The largest absolute Gasteiger partial charge is 0.458 e. The summed E-state index contributed by atoms with van der Waals surface area (Å²) in [6.07, 6.45) is -0.0358. The molecule has 0 aromatic carbocycles. The number of aliphatic hydroxyl groups excluding tert-OH is 1. The average molecular weight is 362 g/mol. The van der Waals surface area contributed by atoms with Gasteiger partial charge in [0.1, 0.15) is 18.0 Å². The summed E-state index contributed by atoms with van der Waals surface area (Å²) in [6, 6.07) is 0. The van der Waals surface area contributed by atoms with E-state index in [1.807, 2.05) is 6.92 Å². The summed E-state index contributed by atoms with van der Waals surface area (Å²) >= 11 is 0. The van der Waals surface area contributed by atoms with E-state index in [4.69, 9.17) is 9.47 Å². The van der Waals surface area contributed by atoms with Gasteiger partial charge in [-0.15, -0.1) is 0 Å². The molecule has 3 fully saturated rings. The van der Waals surface area contributed by atoms with Crippen molar-refractivity contribution in [3.63, 3.8) is 0 Å². The highest BCUT2D eigenvalue weighted by Crippen LogP contribution is 2.56. The molecule has 0 spiro atoms. The Morgan fingerprint density at radius 1 is 1.42 bits per heavy atom. The Balaban J connectivity index is 2.12. The van der Waals surface area contributed by atoms with E-state index in [1.54, 1.807) is 26.8 Å². The van der Waals surface area contributed by atoms with E-state index in [0.29, 0.717) is 12.0 Å². The fraction of sp³-hybridized carbons (Fsp3) is 0.650. The highest BCUT2D eigenvalue weighted by atomic mass is 16.6. The molecule has 1 aliphatic heterocycles. The van der Waals surface area contributed by atoms with Gasteiger partial charge < -0.3 is 14.6 Å². The van der Waals surface area contributed by atoms with Gasteiger partial charge in [0.25, 0.3) is 0 Å². The molecule has 0 aromatic rings. The number of aliphatic hydroxyl groups is 1. The lowest BCUT2D eigenvalue weighted by Crippen LogP contribution is -2.50. The average Bonchev–Trinajstić information content (AvgIpc) is 2.94. The number of fused-ring (bicyclic) bond motifs is 2. The van der Waals surface area contributed by atoms with E-state index in [-0.39, 0.29) is 29.6 Å². The first-order valence-electron chi connectivity index (χ1n) is 9.07. The van der Waals surface area contributed by atoms with Crippen LogP contribution >= 0.6 is 0 Å². The van der Waals surface area contributed by atoms with Crippen LogP contribution in [0.25, 0.3) is 0 Å². The quantitative estimate of drug-likeness (QED) is 0.597. The van der Waals surface area contributed by atoms with Crippen LogP contribution in [0.5, 0.6) is 0 Å². The normalized spacial score (nSPS) is 42.8. The van der Waals surface area contributed by atoms with E-state index in [2.05, 4.69) is 6.58 Å². The van der Waals surface area contributed by atoms with Gasteiger partial charge >= 0.3 is 11.9 Å². The van der Waals surface area contributed by atoms with E-state index in [9.17, 15) is 19.5 Å². The van der Waals surface area contributed by atoms with Crippen LogP contribution in [0.2, 0.25) is 0 Å². The van der Waals surface area contributed by atoms with Crippen LogP contribution < -0.4 is 0 Å². The number of esters is 2. The van der Waals surface area contributed by atoms with Gasteiger partial charge in [0.2, 0.25) is 0 Å². The molecule has 1 unspecified atom stereocenters. The zero-order valence-electron chi connectivity index (χ0n) is 15.7. The molecule has 3 aliphatic rings. The van der Waals surface area contributed by atoms with Crippen molar-refractivity contribution in [3.8, 4) is 0 Å². The third-order valence-corrected chi connectivity index (χ3v) is 6.55. The van der Waals surface area contributed by atoms with E-state index in [1.165, 1.54) is 0 Å². The molecule has 0 bridgehead atoms. The molecule has 0 radical (unpaired) electrons. The molecule has 0 amide bonds. The maximum absolute atomic E-state index is 12.9. The topological polar surface area (TPSA) is 89.9 Å². The first kappa shape index (κ1) is 18.8. The predicted molar refractivity (Wildman–Crippen MR) is 92.8 cm³/mol. The molecule has 6 nitrogen and oxygen atoms in total. The van der Waals surface area contributed by atoms with Crippen LogP contribution in [-0.2, 0) is 23.9 Å². The van der Waals surface area contributed by atoms with Crippen LogP contribution in [0.4, 0.5) is 0 Å². The molecule has 142 valence electrons. The Morgan fingerprint density at radius 3 is 2.69 bits per heavy atom. The monoisotopic (exact) mass is 362 g/mol. The number of ether oxygens (including phenoxy) is 2. The second-order valence-electron chi connectivity index (χ2n) is 8.01. The number of Topliss-reactive ketones (excluding diaryl/α,β-unsaturated/α-hetero) is 1. The molecule has 7 atom stereocenters. The Labute approximate surface area is 153 Å². The molecule has 26 heavy (non-hydrogen) atoms. The van der Waals surface area contributed by atoms with Crippen molar-refractivity contribution in [3.05, 3.63) is 23.8 Å². The molecule has 2 saturated carbocycles. The van der Waals surface area contributed by atoms with Crippen molar-refractivity contribution in [2.75, 3.05) is 0 Å². The number of rotatable bonds is 2. The van der Waals surface area contributed by atoms with Gasteiger partial charge in [-0.25, -0.2) is 9.59 Å². The molecule has 1 heterocycles. The minimum absolute atomic E-state index is 0.0286. The number of carbonyl (C=O) groups excluding carboxylic acids is 3. The number of carbonyl (C=O) groups is 3. The first-order valence-corrected chi connectivity index (χ1v) is 9.07. The van der Waals surface area contributed by atoms with Crippen molar-refractivity contribution < 1.29 is 29.0 Å². The molecule has 2 aliphatic carbocycles. The smallest absolute Gasteiger partial charge is 0.334 e. The lowest BCUT2D eigenvalue weighted by Gasteiger charge is -2.40. The first-order chi connectivity index (χ1) is 12.1. The third-order valence-electron chi connectivity index (χ3n) is 6.55. The van der Waals surface area contributed by atoms with Gasteiger partial charge in [0.05, 0.1) is 17.4 Å². The Morgan fingerprint density at radius 2 is 2.08 bits per heavy atom. The molecule has 1 N–H and O–H groups in total. The van der Waals surface area contributed by atoms with Crippen molar-refractivity contribution in [2.45, 2.75) is 58.8 Å². The second kappa shape index (κ2) is 6.34.